The minimum absolute atomic E-state index is 0.624. The molecule has 0 aliphatic carbocycles. The van der Waals surface area contributed by atoms with Crippen molar-refractivity contribution in [1.29, 1.82) is 0 Å². The third kappa shape index (κ3) is 3.31. The Balaban J connectivity index is 1.38. The fourth-order valence-electron chi connectivity index (χ4n) is 3.99. The highest BCUT2D eigenvalue weighted by molar-refractivity contribution is 5.77. The van der Waals surface area contributed by atoms with E-state index in [0.717, 1.165) is 54.0 Å². The molecule has 0 bridgehead atoms. The molecule has 7 heteroatoms. The molecule has 0 saturated heterocycles. The van der Waals surface area contributed by atoms with Gasteiger partial charge in [-0.1, -0.05) is 5.16 Å². The fourth-order valence-corrected chi connectivity index (χ4v) is 3.99. The molecule has 1 aliphatic heterocycles. The van der Waals surface area contributed by atoms with Crippen molar-refractivity contribution < 1.29 is 4.52 Å². The number of imidazole rings is 1. The minimum atomic E-state index is 0.624. The van der Waals surface area contributed by atoms with Crippen molar-refractivity contribution in [2.75, 3.05) is 6.54 Å². The van der Waals surface area contributed by atoms with E-state index in [1.54, 1.807) is 0 Å². The van der Waals surface area contributed by atoms with Crippen molar-refractivity contribution >= 4 is 11.0 Å². The van der Waals surface area contributed by atoms with E-state index in [9.17, 15) is 0 Å². The molecule has 7 nitrogen and oxygen atoms in total. The van der Waals surface area contributed by atoms with Crippen molar-refractivity contribution in [3.8, 4) is 11.4 Å². The van der Waals surface area contributed by atoms with E-state index in [2.05, 4.69) is 51.4 Å². The van der Waals surface area contributed by atoms with Crippen molar-refractivity contribution in [2.24, 2.45) is 0 Å². The molecule has 29 heavy (non-hydrogen) atoms. The molecule has 0 saturated carbocycles. The van der Waals surface area contributed by atoms with E-state index in [1.807, 2.05) is 13.1 Å². The average molecular weight is 388 g/mol. The third-order valence-corrected chi connectivity index (χ3v) is 5.75. The second-order valence-corrected chi connectivity index (χ2v) is 7.80. The maximum Gasteiger partial charge on any atom is 0.227 e. The number of fused-ring (bicyclic) bond motifs is 2. The smallest absolute Gasteiger partial charge is 0.227 e. The van der Waals surface area contributed by atoms with Gasteiger partial charge in [0.2, 0.25) is 11.7 Å². The maximum atomic E-state index is 5.55. The highest BCUT2D eigenvalue weighted by Gasteiger charge is 2.21. The van der Waals surface area contributed by atoms with Crippen molar-refractivity contribution in [3.05, 3.63) is 58.0 Å². The van der Waals surface area contributed by atoms with Crippen LogP contribution in [-0.2, 0) is 25.8 Å². The van der Waals surface area contributed by atoms with E-state index >= 15 is 0 Å². The van der Waals surface area contributed by atoms with Gasteiger partial charge in [0.05, 0.1) is 11.0 Å². The molecule has 0 atom stereocenters. The van der Waals surface area contributed by atoms with Crippen LogP contribution in [0.15, 0.2) is 22.9 Å². The molecule has 0 radical (unpaired) electrons. The molecular weight excluding hydrogens is 364 g/mol. The number of aryl methyl sites for hydroxylation is 5. The number of pyridine rings is 1. The topological polar surface area (TPSA) is 92.5 Å². The molecule has 1 aromatic carbocycles. The average Bonchev–Trinajstić information content (AvgIpc) is 3.33. The van der Waals surface area contributed by atoms with Crippen LogP contribution in [0.25, 0.3) is 22.4 Å². The number of benzene rings is 1. The van der Waals surface area contributed by atoms with Gasteiger partial charge in [-0.3, -0.25) is 4.98 Å². The number of hydrogen-bond acceptors (Lipinski definition) is 6. The molecule has 0 unspecified atom stereocenters. The van der Waals surface area contributed by atoms with Crippen LogP contribution in [0.3, 0.4) is 0 Å². The lowest BCUT2D eigenvalue weighted by Gasteiger charge is -2.19. The van der Waals surface area contributed by atoms with Gasteiger partial charge in [-0.2, -0.15) is 4.98 Å². The largest absolute Gasteiger partial charge is 0.342 e. The summed E-state index contributed by atoms with van der Waals surface area (Å²) < 4.78 is 5.55. The van der Waals surface area contributed by atoms with Gasteiger partial charge in [0.1, 0.15) is 5.82 Å². The Morgan fingerprint density at radius 2 is 1.93 bits per heavy atom. The van der Waals surface area contributed by atoms with Crippen LogP contribution in [0.1, 0.15) is 39.7 Å². The molecule has 0 spiro atoms. The van der Waals surface area contributed by atoms with E-state index in [1.165, 1.54) is 22.3 Å². The van der Waals surface area contributed by atoms with Gasteiger partial charge >= 0.3 is 0 Å². The summed E-state index contributed by atoms with van der Waals surface area (Å²) in [6.07, 6.45) is 4.28. The summed E-state index contributed by atoms with van der Waals surface area (Å²) in [5, 5.41) is 7.64. The molecule has 5 rings (SSSR count). The molecule has 2 N–H and O–H groups in total. The summed E-state index contributed by atoms with van der Waals surface area (Å²) in [6, 6.07) is 4.27. The molecule has 4 heterocycles. The zero-order valence-corrected chi connectivity index (χ0v) is 17.0. The standard InChI is InChI=1S/C22H24N6O/c1-12-8-17-18(9-13(12)2)26-19(25-17)4-5-20-27-22(28-29-20)21-14(3)24-11-15-10-23-7-6-16(15)21/h8-9,11,23H,4-7,10H2,1-3H3,(H,25,26). The Labute approximate surface area is 169 Å². The molecular formula is C22H24N6O. The van der Waals surface area contributed by atoms with Crippen LogP contribution in [0.5, 0.6) is 0 Å². The van der Waals surface area contributed by atoms with Crippen LogP contribution in [0, 0.1) is 20.8 Å². The third-order valence-electron chi connectivity index (χ3n) is 5.75. The number of H-pyrrole nitrogens is 1. The lowest BCUT2D eigenvalue weighted by Crippen LogP contribution is -2.24. The van der Waals surface area contributed by atoms with Crippen molar-refractivity contribution in [3.63, 3.8) is 0 Å². The number of nitrogens with zero attached hydrogens (tertiary/aromatic N) is 4. The number of hydrogen-bond donors (Lipinski definition) is 2. The van der Waals surface area contributed by atoms with Crippen LogP contribution >= 0.6 is 0 Å². The number of aromatic amines is 1. The summed E-state index contributed by atoms with van der Waals surface area (Å²) in [5.74, 6) is 2.20. The summed E-state index contributed by atoms with van der Waals surface area (Å²) in [4.78, 5) is 17.3. The molecule has 3 aromatic heterocycles. The van der Waals surface area contributed by atoms with Gasteiger partial charge in [0, 0.05) is 36.8 Å². The fraction of sp³-hybridized carbons (Fsp3) is 0.364. The van der Waals surface area contributed by atoms with Crippen LogP contribution in [0.4, 0.5) is 0 Å². The Kier molecular flexibility index (Phi) is 4.39. The Morgan fingerprint density at radius 3 is 2.83 bits per heavy atom. The van der Waals surface area contributed by atoms with Gasteiger partial charge in [0.15, 0.2) is 0 Å². The first-order valence-electron chi connectivity index (χ1n) is 10.1. The number of nitrogens with one attached hydrogen (secondary N) is 2. The molecule has 0 amide bonds. The van der Waals surface area contributed by atoms with Crippen LogP contribution < -0.4 is 5.32 Å². The molecule has 1 aliphatic rings. The van der Waals surface area contributed by atoms with Gasteiger partial charge < -0.3 is 14.8 Å². The summed E-state index contributed by atoms with van der Waals surface area (Å²) in [5.41, 5.74) is 9.06. The summed E-state index contributed by atoms with van der Waals surface area (Å²) >= 11 is 0. The van der Waals surface area contributed by atoms with Crippen LogP contribution in [0.2, 0.25) is 0 Å². The Morgan fingerprint density at radius 1 is 1.07 bits per heavy atom. The molecule has 4 aromatic rings. The zero-order chi connectivity index (χ0) is 20.0. The molecule has 0 fully saturated rings. The second kappa shape index (κ2) is 7.08. The van der Waals surface area contributed by atoms with E-state index < -0.39 is 0 Å². The normalized spacial score (nSPS) is 13.8. The highest BCUT2D eigenvalue weighted by atomic mass is 16.5. The lowest BCUT2D eigenvalue weighted by molar-refractivity contribution is 0.378. The van der Waals surface area contributed by atoms with Gasteiger partial charge in [-0.25, -0.2) is 4.98 Å². The SMILES string of the molecule is Cc1cc2nc(CCc3nc(-c4c(C)ncc5c4CCNC5)no3)[nH]c2cc1C. The van der Waals surface area contributed by atoms with E-state index in [-0.39, 0.29) is 0 Å². The van der Waals surface area contributed by atoms with Crippen LogP contribution in [-0.4, -0.2) is 31.6 Å². The quantitative estimate of drug-likeness (QED) is 0.557. The number of aromatic nitrogens is 5. The van der Waals surface area contributed by atoms with Gasteiger partial charge in [-0.15, -0.1) is 0 Å². The lowest BCUT2D eigenvalue weighted by atomic mass is 9.95. The zero-order valence-electron chi connectivity index (χ0n) is 17.0. The molecule has 148 valence electrons. The first kappa shape index (κ1) is 18.0. The predicted octanol–water partition coefficient (Wildman–Crippen LogP) is 3.36. The number of rotatable bonds is 4. The van der Waals surface area contributed by atoms with Gasteiger partial charge in [-0.05, 0) is 68.1 Å². The Bertz CT molecular complexity index is 1170. The first-order chi connectivity index (χ1) is 14.1. The first-order valence-corrected chi connectivity index (χ1v) is 10.1. The second-order valence-electron chi connectivity index (χ2n) is 7.80. The summed E-state index contributed by atoms with van der Waals surface area (Å²) in [7, 11) is 0. The summed E-state index contributed by atoms with van der Waals surface area (Å²) in [6.45, 7) is 8.03. The van der Waals surface area contributed by atoms with Crippen molar-refractivity contribution in [1.82, 2.24) is 30.4 Å². The van der Waals surface area contributed by atoms with E-state index in [0.29, 0.717) is 18.1 Å². The van der Waals surface area contributed by atoms with E-state index in [4.69, 9.17) is 9.51 Å². The Hall–Kier alpha value is -3.06. The maximum absolute atomic E-state index is 5.55. The minimum Gasteiger partial charge on any atom is -0.342 e. The highest BCUT2D eigenvalue weighted by Crippen LogP contribution is 2.28. The van der Waals surface area contributed by atoms with Gasteiger partial charge in [0.25, 0.3) is 0 Å². The van der Waals surface area contributed by atoms with Crippen molar-refractivity contribution in [2.45, 2.75) is 46.6 Å². The predicted molar refractivity (Wildman–Crippen MR) is 111 cm³/mol. The monoisotopic (exact) mass is 388 g/mol.